The summed E-state index contributed by atoms with van der Waals surface area (Å²) in [6.45, 7) is 0.0231. The second kappa shape index (κ2) is 11.3. The number of carbonyl (C=O) groups is 2. The van der Waals surface area contributed by atoms with Crippen LogP contribution in [0.25, 0.3) is 0 Å². The Balaban J connectivity index is 0.000000887. The van der Waals surface area contributed by atoms with Gasteiger partial charge in [-0.25, -0.2) is 4.79 Å². The number of hydrogen-bond acceptors (Lipinski definition) is 7. The fourth-order valence-corrected chi connectivity index (χ4v) is 2.22. The minimum absolute atomic E-state index is 0.0231. The molecular formula is C14H16F3N2O8Se. The molecule has 0 unspecified atom stereocenters. The van der Waals surface area contributed by atoms with E-state index in [9.17, 15) is 28.1 Å². The number of methoxy groups -OCH3 is 2. The molecule has 0 heterocycles. The van der Waals surface area contributed by atoms with Crippen LogP contribution >= 0.6 is 0 Å². The quantitative estimate of drug-likeness (QED) is 0.287. The van der Waals surface area contributed by atoms with Crippen molar-refractivity contribution in [2.24, 2.45) is 0 Å². The van der Waals surface area contributed by atoms with Crippen molar-refractivity contribution in [1.29, 1.82) is 0 Å². The molecule has 0 aliphatic carbocycles. The first kappa shape index (κ1) is 25.4. The number of carboxylic acids is 2. The van der Waals surface area contributed by atoms with Crippen LogP contribution in [0.15, 0.2) is 12.1 Å². The number of nitrogens with one attached hydrogen (secondary N) is 1. The molecule has 1 aromatic carbocycles. The molecule has 0 aliphatic heterocycles. The zero-order valence-electron chi connectivity index (χ0n) is 14.5. The minimum atomic E-state index is -5.08. The van der Waals surface area contributed by atoms with Crippen LogP contribution in [0.2, 0.25) is 5.32 Å². The Morgan fingerprint density at radius 3 is 2.04 bits per heavy atom. The Bertz CT molecular complexity index is 715. The molecule has 0 aromatic heterocycles. The number of hydrogen-bond donors (Lipinski definition) is 3. The van der Waals surface area contributed by atoms with Gasteiger partial charge in [-0.3, -0.25) is 0 Å². The molecular weight excluding hydrogens is 460 g/mol. The van der Waals surface area contributed by atoms with Gasteiger partial charge < -0.3 is 5.11 Å². The number of nitro benzene ring substituents is 1. The number of carboxylic acid groups (broad SMARTS) is 2. The Kier molecular flexibility index (Phi) is 10.3. The van der Waals surface area contributed by atoms with Crippen LogP contribution in [-0.2, 0) is 16.1 Å². The maximum absolute atomic E-state index is 11.1. The van der Waals surface area contributed by atoms with Gasteiger partial charge in [-0.05, 0) is 0 Å². The van der Waals surface area contributed by atoms with Crippen molar-refractivity contribution in [2.45, 2.75) is 24.1 Å². The standard InChI is InChI=1S/C12H15N2O6Se.C2HF3O2/c1-19-10-3-7(5-13-8(6-21)12(15)16)9(14(17)18)4-11(10)20-2;3-2(4,5)1(6)7/h3-4,8,13H,5-6H2,1-2H3,(H,15,16);(H,6,7)/t8-;/m0./s1. The number of ether oxygens (including phenoxy) is 2. The van der Waals surface area contributed by atoms with Gasteiger partial charge in [0.05, 0.1) is 0 Å². The Morgan fingerprint density at radius 2 is 1.71 bits per heavy atom. The van der Waals surface area contributed by atoms with E-state index in [0.29, 0.717) is 11.3 Å². The second-order valence-corrected chi connectivity index (χ2v) is 5.53. The summed E-state index contributed by atoms with van der Waals surface area (Å²) in [7, 11) is 2.80. The van der Waals surface area contributed by atoms with Gasteiger partial charge in [0.25, 0.3) is 0 Å². The van der Waals surface area contributed by atoms with E-state index in [0.717, 1.165) is 0 Å². The molecule has 28 heavy (non-hydrogen) atoms. The average Bonchev–Trinajstić information content (AvgIpc) is 2.60. The first-order valence-corrected chi connectivity index (χ1v) is 8.33. The Morgan fingerprint density at radius 1 is 1.25 bits per heavy atom. The minimum Gasteiger partial charge on any atom is -0.475 e. The van der Waals surface area contributed by atoms with Crippen molar-refractivity contribution < 1.29 is 47.4 Å². The predicted molar refractivity (Wildman–Crippen MR) is 88.7 cm³/mol. The van der Waals surface area contributed by atoms with Gasteiger partial charge in [-0.1, -0.05) is 0 Å². The number of nitrogens with zero attached hydrogens (tertiary/aromatic N) is 1. The van der Waals surface area contributed by atoms with Gasteiger partial charge in [-0.15, -0.1) is 0 Å². The molecule has 1 radical (unpaired) electrons. The van der Waals surface area contributed by atoms with Gasteiger partial charge in [-0.2, -0.15) is 13.2 Å². The third kappa shape index (κ3) is 7.98. The van der Waals surface area contributed by atoms with Crippen LogP contribution in [0, 0.1) is 10.1 Å². The van der Waals surface area contributed by atoms with E-state index in [2.05, 4.69) is 21.3 Å². The molecule has 0 amide bonds. The Hall–Kier alpha value is -2.57. The SMILES string of the molecule is COc1cc(CN[C@@H](C[Se])C(=O)O)c([N+](=O)[O-])cc1OC.O=C(O)C(F)(F)F. The van der Waals surface area contributed by atoms with Crippen molar-refractivity contribution in [2.75, 3.05) is 14.2 Å². The second-order valence-electron chi connectivity index (χ2n) is 4.83. The number of halogens is 3. The third-order valence-corrected chi connectivity index (χ3v) is 3.73. The van der Waals surface area contributed by atoms with Crippen molar-refractivity contribution >= 4 is 33.6 Å². The zero-order valence-corrected chi connectivity index (χ0v) is 16.2. The van der Waals surface area contributed by atoms with Crippen LogP contribution < -0.4 is 14.8 Å². The summed E-state index contributed by atoms with van der Waals surface area (Å²) in [6.07, 6.45) is -5.08. The summed E-state index contributed by atoms with van der Waals surface area (Å²) < 4.78 is 41.8. The molecule has 0 saturated carbocycles. The molecule has 0 saturated heterocycles. The van der Waals surface area contributed by atoms with E-state index < -0.39 is 29.1 Å². The molecule has 0 spiro atoms. The fraction of sp³-hybridized carbons (Fsp3) is 0.429. The summed E-state index contributed by atoms with van der Waals surface area (Å²) in [4.78, 5) is 30.4. The predicted octanol–water partition coefficient (Wildman–Crippen LogP) is 1.37. The fourth-order valence-electron chi connectivity index (χ4n) is 1.67. The molecule has 14 heteroatoms. The van der Waals surface area contributed by atoms with Crippen molar-refractivity contribution in [1.82, 2.24) is 5.32 Å². The van der Waals surface area contributed by atoms with E-state index in [1.165, 1.54) is 26.4 Å². The third-order valence-electron chi connectivity index (χ3n) is 3.03. The van der Waals surface area contributed by atoms with Gasteiger partial charge >= 0.3 is 141 Å². The van der Waals surface area contributed by atoms with Crippen molar-refractivity contribution in [3.63, 3.8) is 0 Å². The van der Waals surface area contributed by atoms with Gasteiger partial charge in [0.2, 0.25) is 0 Å². The maximum atomic E-state index is 11.1. The first-order valence-electron chi connectivity index (χ1n) is 7.12. The number of alkyl halides is 3. The average molecular weight is 476 g/mol. The molecule has 0 bridgehead atoms. The summed E-state index contributed by atoms with van der Waals surface area (Å²) in [6, 6.07) is 1.89. The molecule has 0 aliphatic rings. The summed E-state index contributed by atoms with van der Waals surface area (Å²) in [5.74, 6) is -3.20. The number of rotatable bonds is 8. The zero-order chi connectivity index (χ0) is 22.1. The van der Waals surface area contributed by atoms with E-state index in [1.54, 1.807) is 0 Å². The topological polar surface area (TPSA) is 148 Å². The number of benzene rings is 1. The van der Waals surface area contributed by atoms with Crippen LogP contribution in [-0.4, -0.2) is 69.5 Å². The van der Waals surface area contributed by atoms with Gasteiger partial charge in [0.1, 0.15) is 0 Å². The van der Waals surface area contributed by atoms with E-state index in [4.69, 9.17) is 24.5 Å². The van der Waals surface area contributed by atoms with E-state index in [1.807, 2.05) is 0 Å². The van der Waals surface area contributed by atoms with Crippen molar-refractivity contribution in [3.05, 3.63) is 27.8 Å². The summed E-state index contributed by atoms with van der Waals surface area (Å²) >= 11 is 2.62. The normalized spacial score (nSPS) is 11.6. The van der Waals surface area contributed by atoms with Crippen molar-refractivity contribution in [3.8, 4) is 11.5 Å². The van der Waals surface area contributed by atoms with Crippen LogP contribution in [0.5, 0.6) is 11.5 Å². The summed E-state index contributed by atoms with van der Waals surface area (Å²) in [5, 5.41) is 30.2. The van der Waals surface area contributed by atoms with E-state index >= 15 is 0 Å². The molecule has 1 atom stereocenters. The van der Waals surface area contributed by atoms with Crippen LogP contribution in [0.4, 0.5) is 18.9 Å². The van der Waals surface area contributed by atoms with Gasteiger partial charge in [0, 0.05) is 0 Å². The molecule has 0 fully saturated rings. The molecule has 1 aromatic rings. The maximum Gasteiger partial charge on any atom is 0.490 e. The summed E-state index contributed by atoms with van der Waals surface area (Å²) in [5.41, 5.74) is 0.154. The monoisotopic (exact) mass is 477 g/mol. The number of aliphatic carboxylic acids is 2. The number of nitro groups is 1. The van der Waals surface area contributed by atoms with Gasteiger partial charge in [0.15, 0.2) is 0 Å². The first-order chi connectivity index (χ1) is 12.9. The van der Waals surface area contributed by atoms with Crippen LogP contribution in [0.1, 0.15) is 5.56 Å². The Labute approximate surface area is 164 Å². The van der Waals surface area contributed by atoms with Crippen LogP contribution in [0.3, 0.4) is 0 Å². The molecule has 10 nitrogen and oxygen atoms in total. The molecule has 157 valence electrons. The molecule has 3 N–H and O–H groups in total. The van der Waals surface area contributed by atoms with E-state index in [-0.39, 0.29) is 23.3 Å². The smallest absolute Gasteiger partial charge is 0.475 e. The largest absolute Gasteiger partial charge is 0.490 e. The molecule has 1 rings (SSSR count).